The fourth-order valence-corrected chi connectivity index (χ4v) is 0.926. The lowest BCUT2D eigenvalue weighted by Gasteiger charge is -2.14. The van der Waals surface area contributed by atoms with Gasteiger partial charge in [0.1, 0.15) is 5.75 Å². The van der Waals surface area contributed by atoms with Crippen molar-refractivity contribution in [2.45, 2.75) is 19.1 Å². The van der Waals surface area contributed by atoms with Crippen molar-refractivity contribution in [1.29, 1.82) is 0 Å². The van der Waals surface area contributed by atoms with Gasteiger partial charge in [-0.1, -0.05) is 12.1 Å². The molecule has 0 aliphatic heterocycles. The van der Waals surface area contributed by atoms with Crippen LogP contribution >= 0.6 is 0 Å². The van der Waals surface area contributed by atoms with Crippen LogP contribution in [0.2, 0.25) is 0 Å². The molecule has 0 aliphatic carbocycles. The van der Waals surface area contributed by atoms with Crippen molar-refractivity contribution in [2.75, 3.05) is 0 Å². The zero-order chi connectivity index (χ0) is 10.0. The minimum Gasteiger partial charge on any atom is -0.508 e. The highest BCUT2D eigenvalue weighted by molar-refractivity contribution is 5.29. The fraction of sp³-hybridized carbons (Fsp3) is 0.333. The summed E-state index contributed by atoms with van der Waals surface area (Å²) in [6.45, 7) is 1.65. The summed E-state index contributed by atoms with van der Waals surface area (Å²) in [6.07, 6.45) is -0.903. The zero-order valence-corrected chi connectivity index (χ0v) is 6.86. The van der Waals surface area contributed by atoms with E-state index in [0.29, 0.717) is 5.56 Å². The molecule has 0 unspecified atom stereocenters. The second-order valence-electron chi connectivity index (χ2n) is 2.81. The highest BCUT2D eigenvalue weighted by Gasteiger charge is 2.11. The lowest BCUT2D eigenvalue weighted by molar-refractivity contribution is 0.153. The molecule has 0 radical (unpaired) electrons. The number of aliphatic hydroxyl groups is 1. The first kappa shape index (κ1) is 7.58. The monoisotopic (exact) mass is 168 g/mol. The molecule has 4 N–H and O–H groups in total. The summed E-state index contributed by atoms with van der Waals surface area (Å²) in [6, 6.07) is 3.92. The van der Waals surface area contributed by atoms with Crippen LogP contribution in [0.25, 0.3) is 0 Å². The molecule has 0 bridgehead atoms. The molecule has 0 fully saturated rings. The number of nitrogens with two attached hydrogens (primary N) is 1. The molecule has 0 aliphatic rings. The Bertz CT molecular complexity index is 302. The molecule has 3 nitrogen and oxygen atoms in total. The Morgan fingerprint density at radius 1 is 1.67 bits per heavy atom. The maximum atomic E-state index is 9.55. The molecule has 2 atom stereocenters. The van der Waals surface area contributed by atoms with Crippen LogP contribution in [0.5, 0.6) is 5.75 Å². The third kappa shape index (κ3) is 1.96. The standard InChI is InChI=1S/C9H13NO2/c1-6(10)9(12)7-3-2-4-8(11)5-7/h2-6,9,11-12H,10H2,1H3/t6-,9-/m0/s1/i3D. The van der Waals surface area contributed by atoms with Crippen molar-refractivity contribution < 1.29 is 11.6 Å². The maximum Gasteiger partial charge on any atom is 0.115 e. The number of phenols is 1. The van der Waals surface area contributed by atoms with Crippen LogP contribution in [0.1, 0.15) is 20.0 Å². The van der Waals surface area contributed by atoms with Crippen molar-refractivity contribution in [3.63, 3.8) is 0 Å². The topological polar surface area (TPSA) is 66.5 Å². The first-order valence-corrected chi connectivity index (χ1v) is 3.75. The summed E-state index contributed by atoms with van der Waals surface area (Å²) in [4.78, 5) is 0. The van der Waals surface area contributed by atoms with Gasteiger partial charge in [0.15, 0.2) is 0 Å². The van der Waals surface area contributed by atoms with Gasteiger partial charge in [-0.25, -0.2) is 0 Å². The van der Waals surface area contributed by atoms with E-state index in [9.17, 15) is 5.11 Å². The second-order valence-corrected chi connectivity index (χ2v) is 2.81. The van der Waals surface area contributed by atoms with E-state index in [2.05, 4.69) is 0 Å². The lowest BCUT2D eigenvalue weighted by atomic mass is 10.0. The molecule has 0 heterocycles. The highest BCUT2D eigenvalue weighted by Crippen LogP contribution is 2.19. The smallest absolute Gasteiger partial charge is 0.115 e. The van der Waals surface area contributed by atoms with Crippen molar-refractivity contribution in [2.24, 2.45) is 5.73 Å². The lowest BCUT2D eigenvalue weighted by Crippen LogP contribution is -2.24. The zero-order valence-electron chi connectivity index (χ0n) is 7.86. The molecule has 0 amide bonds. The van der Waals surface area contributed by atoms with Gasteiger partial charge in [-0.05, 0) is 24.6 Å². The van der Waals surface area contributed by atoms with E-state index in [0.717, 1.165) is 0 Å². The quantitative estimate of drug-likeness (QED) is 0.611. The normalized spacial score (nSPS) is 16.8. The van der Waals surface area contributed by atoms with E-state index in [-0.39, 0.29) is 11.8 Å². The number of phenolic OH excluding ortho intramolecular Hbond substituents is 1. The van der Waals surface area contributed by atoms with Crippen molar-refractivity contribution in [1.82, 2.24) is 0 Å². The van der Waals surface area contributed by atoms with Crippen LogP contribution < -0.4 is 5.73 Å². The number of aliphatic hydroxyl groups excluding tert-OH is 1. The molecule has 1 rings (SSSR count). The van der Waals surface area contributed by atoms with Crippen LogP contribution in [0.15, 0.2) is 24.2 Å². The molecule has 0 saturated heterocycles. The number of aromatic hydroxyl groups is 1. The van der Waals surface area contributed by atoms with Crippen molar-refractivity contribution in [3.05, 3.63) is 29.8 Å². The van der Waals surface area contributed by atoms with Crippen molar-refractivity contribution in [3.8, 4) is 5.75 Å². The Hall–Kier alpha value is -1.06. The predicted octanol–water partition coefficient (Wildman–Crippen LogP) is 0.773. The molecule has 0 saturated carbocycles. The number of hydrogen-bond acceptors (Lipinski definition) is 3. The Balaban J connectivity index is 3.05. The van der Waals surface area contributed by atoms with E-state index in [1.165, 1.54) is 18.2 Å². The minimum atomic E-state index is -0.903. The van der Waals surface area contributed by atoms with Crippen LogP contribution in [0, 0.1) is 0 Å². The van der Waals surface area contributed by atoms with Crippen molar-refractivity contribution >= 4 is 0 Å². The van der Waals surface area contributed by atoms with E-state index in [1.54, 1.807) is 6.92 Å². The SMILES string of the molecule is [2H]c1ccc(O)cc1[C@@H](O)[C@H](C)N. The Morgan fingerprint density at radius 2 is 2.33 bits per heavy atom. The van der Waals surface area contributed by atoms with Gasteiger partial charge in [-0.15, -0.1) is 0 Å². The largest absolute Gasteiger partial charge is 0.508 e. The summed E-state index contributed by atoms with van der Waals surface area (Å²) >= 11 is 0. The van der Waals surface area contributed by atoms with Crippen LogP contribution in [0.3, 0.4) is 0 Å². The summed E-state index contributed by atoms with van der Waals surface area (Å²) in [7, 11) is 0. The molecule has 12 heavy (non-hydrogen) atoms. The van der Waals surface area contributed by atoms with Gasteiger partial charge >= 0.3 is 0 Å². The summed E-state index contributed by atoms with van der Waals surface area (Å²) < 4.78 is 7.46. The van der Waals surface area contributed by atoms with Gasteiger partial charge in [0.25, 0.3) is 0 Å². The minimum absolute atomic E-state index is 0.0331. The average Bonchev–Trinajstić information content (AvgIpc) is 2.08. The van der Waals surface area contributed by atoms with Gasteiger partial charge in [0.05, 0.1) is 7.47 Å². The maximum absolute atomic E-state index is 9.55. The molecular formula is C9H13NO2. The van der Waals surface area contributed by atoms with Crippen LogP contribution in [0.4, 0.5) is 0 Å². The van der Waals surface area contributed by atoms with E-state index < -0.39 is 12.1 Å². The van der Waals surface area contributed by atoms with E-state index in [1.807, 2.05) is 0 Å². The van der Waals surface area contributed by atoms with Crippen LogP contribution in [-0.2, 0) is 0 Å². The van der Waals surface area contributed by atoms with Gasteiger partial charge in [-0.3, -0.25) is 0 Å². The van der Waals surface area contributed by atoms with Gasteiger partial charge in [-0.2, -0.15) is 0 Å². The Kier molecular flexibility index (Phi) is 2.25. The fourth-order valence-electron chi connectivity index (χ4n) is 0.926. The number of rotatable bonds is 2. The Labute approximate surface area is 72.9 Å². The van der Waals surface area contributed by atoms with Gasteiger partial charge < -0.3 is 15.9 Å². The summed E-state index contributed by atoms with van der Waals surface area (Å²) in [5, 5.41) is 18.7. The molecule has 3 heteroatoms. The molecular weight excluding hydrogens is 154 g/mol. The third-order valence-corrected chi connectivity index (χ3v) is 1.62. The number of hydrogen-bond donors (Lipinski definition) is 3. The Morgan fingerprint density at radius 3 is 2.92 bits per heavy atom. The molecule has 0 aromatic heterocycles. The summed E-state index contributed by atoms with van der Waals surface area (Å²) in [5.41, 5.74) is 5.83. The van der Waals surface area contributed by atoms with Gasteiger partial charge in [0, 0.05) is 6.04 Å². The highest BCUT2D eigenvalue weighted by atomic mass is 16.3. The molecule has 66 valence electrons. The summed E-state index contributed by atoms with van der Waals surface area (Å²) in [5.74, 6) is 0.0331. The molecule has 1 aromatic carbocycles. The third-order valence-electron chi connectivity index (χ3n) is 1.62. The first-order valence-electron chi connectivity index (χ1n) is 4.25. The first-order chi connectivity index (χ1) is 6.02. The number of benzene rings is 1. The van der Waals surface area contributed by atoms with Crippen LogP contribution in [-0.4, -0.2) is 16.3 Å². The second kappa shape index (κ2) is 3.56. The predicted molar refractivity (Wildman–Crippen MR) is 46.7 cm³/mol. The molecule has 0 spiro atoms. The van der Waals surface area contributed by atoms with E-state index >= 15 is 0 Å². The van der Waals surface area contributed by atoms with Gasteiger partial charge in [0.2, 0.25) is 0 Å². The molecule has 1 aromatic rings. The van der Waals surface area contributed by atoms with E-state index in [4.69, 9.17) is 12.2 Å². The average molecular weight is 168 g/mol.